The van der Waals surface area contributed by atoms with E-state index < -0.39 is 22.0 Å². The summed E-state index contributed by atoms with van der Waals surface area (Å²) in [6.45, 7) is 5.64. The quantitative estimate of drug-likeness (QED) is 0.816. The summed E-state index contributed by atoms with van der Waals surface area (Å²) in [5, 5.41) is 0. The summed E-state index contributed by atoms with van der Waals surface area (Å²) in [5.74, 6) is -0.628. The van der Waals surface area contributed by atoms with Crippen LogP contribution >= 0.6 is 0 Å². The van der Waals surface area contributed by atoms with Gasteiger partial charge in [0.2, 0.25) is 10.0 Å². The molecule has 0 spiro atoms. The summed E-state index contributed by atoms with van der Waals surface area (Å²) in [7, 11) is -3.85. The van der Waals surface area contributed by atoms with Crippen molar-refractivity contribution in [1.82, 2.24) is 4.72 Å². The molecular formula is C18H21NO4S. The zero-order chi connectivity index (χ0) is 17.7. The summed E-state index contributed by atoms with van der Waals surface area (Å²) >= 11 is 0. The van der Waals surface area contributed by atoms with Crippen molar-refractivity contribution in [3.63, 3.8) is 0 Å². The summed E-state index contributed by atoms with van der Waals surface area (Å²) < 4.78 is 32.6. The second-order valence-corrected chi connectivity index (χ2v) is 7.24. The van der Waals surface area contributed by atoms with E-state index in [9.17, 15) is 13.2 Å². The van der Waals surface area contributed by atoms with E-state index in [-0.39, 0.29) is 11.5 Å². The molecule has 2 rings (SSSR count). The minimum atomic E-state index is -3.85. The van der Waals surface area contributed by atoms with Crippen LogP contribution in [0.3, 0.4) is 0 Å². The van der Waals surface area contributed by atoms with E-state index in [1.807, 2.05) is 26.0 Å². The number of benzene rings is 2. The molecule has 0 aliphatic heterocycles. The first kappa shape index (κ1) is 18.2. The average molecular weight is 347 g/mol. The SMILES string of the molecule is CCOC(=O)C(NS(=O)(=O)c1ccc(C)cc1)c1ccc(C)cc1. The monoisotopic (exact) mass is 347 g/mol. The Morgan fingerprint density at radius 3 is 2.00 bits per heavy atom. The largest absolute Gasteiger partial charge is 0.465 e. The number of aryl methyl sites for hydroxylation is 2. The van der Waals surface area contributed by atoms with Crippen molar-refractivity contribution in [1.29, 1.82) is 0 Å². The zero-order valence-corrected chi connectivity index (χ0v) is 14.8. The third kappa shape index (κ3) is 4.43. The van der Waals surface area contributed by atoms with Gasteiger partial charge in [-0.25, -0.2) is 13.2 Å². The highest BCUT2D eigenvalue weighted by molar-refractivity contribution is 7.89. The van der Waals surface area contributed by atoms with E-state index in [1.165, 1.54) is 12.1 Å². The molecular weight excluding hydrogens is 326 g/mol. The van der Waals surface area contributed by atoms with Gasteiger partial charge in [-0.2, -0.15) is 4.72 Å². The zero-order valence-electron chi connectivity index (χ0n) is 13.9. The van der Waals surface area contributed by atoms with E-state index in [0.717, 1.165) is 11.1 Å². The molecule has 6 heteroatoms. The number of carbonyl (C=O) groups excluding carboxylic acids is 1. The van der Waals surface area contributed by atoms with Gasteiger partial charge in [0.25, 0.3) is 0 Å². The van der Waals surface area contributed by atoms with E-state index in [0.29, 0.717) is 5.56 Å². The summed E-state index contributed by atoms with van der Waals surface area (Å²) in [6.07, 6.45) is 0. The molecule has 2 aromatic carbocycles. The summed E-state index contributed by atoms with van der Waals surface area (Å²) in [4.78, 5) is 12.3. The van der Waals surface area contributed by atoms with Crippen LogP contribution in [0, 0.1) is 13.8 Å². The minimum absolute atomic E-state index is 0.106. The number of rotatable bonds is 6. The number of sulfonamides is 1. The van der Waals surface area contributed by atoms with Crippen molar-refractivity contribution in [2.24, 2.45) is 0 Å². The highest BCUT2D eigenvalue weighted by atomic mass is 32.2. The molecule has 0 saturated heterocycles. The van der Waals surface area contributed by atoms with Gasteiger partial charge >= 0.3 is 5.97 Å². The Bertz CT molecular complexity index is 796. The molecule has 1 atom stereocenters. The molecule has 0 amide bonds. The van der Waals surface area contributed by atoms with E-state index in [1.54, 1.807) is 31.2 Å². The van der Waals surface area contributed by atoms with Crippen LogP contribution in [-0.4, -0.2) is 21.0 Å². The van der Waals surface area contributed by atoms with Gasteiger partial charge in [0, 0.05) is 0 Å². The van der Waals surface area contributed by atoms with Crippen LogP contribution < -0.4 is 4.72 Å². The van der Waals surface area contributed by atoms with Crippen molar-refractivity contribution in [3.8, 4) is 0 Å². The van der Waals surface area contributed by atoms with Crippen molar-refractivity contribution in [2.75, 3.05) is 6.61 Å². The Labute approximate surface area is 142 Å². The lowest BCUT2D eigenvalue weighted by Gasteiger charge is -2.18. The molecule has 1 unspecified atom stereocenters. The van der Waals surface area contributed by atoms with Crippen molar-refractivity contribution in [2.45, 2.75) is 31.7 Å². The number of nitrogens with one attached hydrogen (secondary N) is 1. The van der Waals surface area contributed by atoms with E-state index in [4.69, 9.17) is 4.74 Å². The van der Waals surface area contributed by atoms with Crippen LogP contribution in [0.2, 0.25) is 0 Å². The summed E-state index contributed by atoms with van der Waals surface area (Å²) in [5.41, 5.74) is 2.51. The summed E-state index contributed by atoms with van der Waals surface area (Å²) in [6, 6.07) is 12.4. The first-order valence-electron chi connectivity index (χ1n) is 7.65. The fourth-order valence-electron chi connectivity index (χ4n) is 2.18. The normalized spacial score (nSPS) is 12.6. The van der Waals surface area contributed by atoms with Crippen LogP contribution in [0.25, 0.3) is 0 Å². The van der Waals surface area contributed by atoms with E-state index >= 15 is 0 Å². The molecule has 0 bridgehead atoms. The number of hydrogen-bond acceptors (Lipinski definition) is 4. The van der Waals surface area contributed by atoms with Gasteiger partial charge in [-0.15, -0.1) is 0 Å². The van der Waals surface area contributed by atoms with Crippen molar-refractivity contribution in [3.05, 3.63) is 65.2 Å². The van der Waals surface area contributed by atoms with Gasteiger partial charge < -0.3 is 4.74 Å². The lowest BCUT2D eigenvalue weighted by atomic mass is 10.1. The van der Waals surface area contributed by atoms with Crippen LogP contribution in [0.1, 0.15) is 29.7 Å². The Balaban J connectivity index is 2.35. The van der Waals surface area contributed by atoms with E-state index in [2.05, 4.69) is 4.72 Å². The molecule has 128 valence electrons. The topological polar surface area (TPSA) is 72.5 Å². The molecule has 5 nitrogen and oxygen atoms in total. The minimum Gasteiger partial charge on any atom is -0.465 e. The maximum Gasteiger partial charge on any atom is 0.328 e. The van der Waals surface area contributed by atoms with Gasteiger partial charge in [-0.3, -0.25) is 0 Å². The lowest BCUT2D eigenvalue weighted by molar-refractivity contribution is -0.145. The predicted octanol–water partition coefficient (Wildman–Crippen LogP) is 2.89. The molecule has 1 N–H and O–H groups in total. The van der Waals surface area contributed by atoms with Crippen LogP contribution in [0.4, 0.5) is 0 Å². The number of esters is 1. The predicted molar refractivity (Wildman–Crippen MR) is 92.1 cm³/mol. The molecule has 0 aliphatic rings. The number of carbonyl (C=O) groups is 1. The first-order chi connectivity index (χ1) is 11.3. The lowest BCUT2D eigenvalue weighted by Crippen LogP contribution is -2.35. The Kier molecular flexibility index (Phi) is 5.75. The van der Waals surface area contributed by atoms with Gasteiger partial charge in [-0.1, -0.05) is 47.5 Å². The molecule has 24 heavy (non-hydrogen) atoms. The standard InChI is InChI=1S/C18H21NO4S/c1-4-23-18(20)17(15-9-5-13(2)6-10-15)19-24(21,22)16-11-7-14(3)8-12-16/h5-12,17,19H,4H2,1-3H3. The average Bonchev–Trinajstić information content (AvgIpc) is 2.54. The molecule has 2 aromatic rings. The second kappa shape index (κ2) is 7.59. The molecule has 0 radical (unpaired) electrons. The fourth-order valence-corrected chi connectivity index (χ4v) is 3.35. The van der Waals surface area contributed by atoms with Gasteiger partial charge in [-0.05, 0) is 38.5 Å². The van der Waals surface area contributed by atoms with Crippen LogP contribution in [0.5, 0.6) is 0 Å². The Morgan fingerprint density at radius 1 is 1.00 bits per heavy atom. The highest BCUT2D eigenvalue weighted by Crippen LogP contribution is 2.20. The van der Waals surface area contributed by atoms with Crippen molar-refractivity contribution >= 4 is 16.0 Å². The number of hydrogen-bond donors (Lipinski definition) is 1. The molecule has 0 aromatic heterocycles. The Morgan fingerprint density at radius 2 is 1.50 bits per heavy atom. The number of ether oxygens (including phenoxy) is 1. The Hall–Kier alpha value is -2.18. The first-order valence-corrected chi connectivity index (χ1v) is 9.14. The van der Waals surface area contributed by atoms with Gasteiger partial charge in [0.15, 0.2) is 0 Å². The second-order valence-electron chi connectivity index (χ2n) is 5.53. The van der Waals surface area contributed by atoms with Crippen LogP contribution in [-0.2, 0) is 19.6 Å². The molecule has 0 saturated carbocycles. The smallest absolute Gasteiger partial charge is 0.328 e. The maximum absolute atomic E-state index is 12.6. The van der Waals surface area contributed by atoms with Gasteiger partial charge in [0.05, 0.1) is 11.5 Å². The fraction of sp³-hybridized carbons (Fsp3) is 0.278. The third-order valence-electron chi connectivity index (χ3n) is 3.54. The molecule has 0 fully saturated rings. The van der Waals surface area contributed by atoms with Crippen LogP contribution in [0.15, 0.2) is 53.4 Å². The third-order valence-corrected chi connectivity index (χ3v) is 4.98. The molecule has 0 aliphatic carbocycles. The van der Waals surface area contributed by atoms with Gasteiger partial charge in [0.1, 0.15) is 6.04 Å². The molecule has 0 heterocycles. The highest BCUT2D eigenvalue weighted by Gasteiger charge is 2.28. The maximum atomic E-state index is 12.6. The van der Waals surface area contributed by atoms with Crippen molar-refractivity contribution < 1.29 is 17.9 Å².